The Balaban J connectivity index is 1.24. The van der Waals surface area contributed by atoms with Crippen molar-refractivity contribution < 1.29 is 9.47 Å². The van der Waals surface area contributed by atoms with Crippen LogP contribution >= 0.6 is 0 Å². The number of nitrogens with one attached hydrogen (secondary N) is 2. The van der Waals surface area contributed by atoms with Crippen molar-refractivity contribution in [3.05, 3.63) is 89.2 Å². The Hall–Kier alpha value is -3.31. The van der Waals surface area contributed by atoms with Crippen LogP contribution in [0.5, 0.6) is 11.5 Å². The summed E-state index contributed by atoms with van der Waals surface area (Å²) in [6.45, 7) is 4.31. The summed E-state index contributed by atoms with van der Waals surface area (Å²) in [7, 11) is 1.68. The SMILES string of the molecule is COc1cc(CNCCCc2nc3ccccc3[nH]2)ccc1OCc1ccc(C)cc1. The zero-order chi connectivity index (χ0) is 21.5. The quantitative estimate of drug-likeness (QED) is 0.350. The highest BCUT2D eigenvalue weighted by atomic mass is 16.5. The number of nitrogens with zero attached hydrogens (tertiary/aromatic N) is 1. The predicted octanol–water partition coefficient (Wildman–Crippen LogP) is 5.18. The molecule has 0 spiro atoms. The van der Waals surface area contributed by atoms with Gasteiger partial charge in [0.1, 0.15) is 12.4 Å². The average molecular weight is 416 g/mol. The van der Waals surface area contributed by atoms with Crippen molar-refractivity contribution >= 4 is 11.0 Å². The van der Waals surface area contributed by atoms with Crippen LogP contribution < -0.4 is 14.8 Å². The minimum absolute atomic E-state index is 0.524. The van der Waals surface area contributed by atoms with Crippen molar-refractivity contribution in [3.63, 3.8) is 0 Å². The van der Waals surface area contributed by atoms with Crippen molar-refractivity contribution in [3.8, 4) is 11.5 Å². The van der Waals surface area contributed by atoms with E-state index < -0.39 is 0 Å². The van der Waals surface area contributed by atoms with Gasteiger partial charge < -0.3 is 19.8 Å². The van der Waals surface area contributed by atoms with Gasteiger partial charge in [-0.15, -0.1) is 0 Å². The number of para-hydroxylation sites is 2. The minimum Gasteiger partial charge on any atom is -0.493 e. The first-order chi connectivity index (χ1) is 15.2. The number of benzene rings is 3. The molecule has 0 bridgehead atoms. The Morgan fingerprint density at radius 2 is 1.74 bits per heavy atom. The predicted molar refractivity (Wildman–Crippen MR) is 125 cm³/mol. The van der Waals surface area contributed by atoms with Gasteiger partial charge in [0, 0.05) is 13.0 Å². The van der Waals surface area contributed by atoms with E-state index in [1.54, 1.807) is 7.11 Å². The minimum atomic E-state index is 0.524. The van der Waals surface area contributed by atoms with E-state index in [1.807, 2.05) is 30.3 Å². The van der Waals surface area contributed by atoms with Crippen LogP contribution in [-0.2, 0) is 19.6 Å². The second-order valence-corrected chi connectivity index (χ2v) is 7.74. The van der Waals surface area contributed by atoms with E-state index in [4.69, 9.17) is 9.47 Å². The number of aryl methyl sites for hydroxylation is 2. The summed E-state index contributed by atoms with van der Waals surface area (Å²) in [5, 5.41) is 3.50. The van der Waals surface area contributed by atoms with Gasteiger partial charge in [-0.05, 0) is 55.3 Å². The Morgan fingerprint density at radius 3 is 2.55 bits per heavy atom. The van der Waals surface area contributed by atoms with E-state index in [2.05, 4.69) is 58.6 Å². The number of aromatic nitrogens is 2. The fourth-order valence-electron chi connectivity index (χ4n) is 3.52. The van der Waals surface area contributed by atoms with Crippen LogP contribution in [0.2, 0.25) is 0 Å². The number of hydrogen-bond donors (Lipinski definition) is 2. The van der Waals surface area contributed by atoms with Crippen LogP contribution in [-0.4, -0.2) is 23.6 Å². The highest BCUT2D eigenvalue weighted by Gasteiger charge is 2.07. The first kappa shape index (κ1) is 20.9. The Labute approximate surface area is 183 Å². The highest BCUT2D eigenvalue weighted by molar-refractivity contribution is 5.74. The van der Waals surface area contributed by atoms with E-state index in [9.17, 15) is 0 Å². The normalized spacial score (nSPS) is 11.0. The topological polar surface area (TPSA) is 59.2 Å². The third-order valence-corrected chi connectivity index (χ3v) is 5.28. The third kappa shape index (κ3) is 5.64. The highest BCUT2D eigenvalue weighted by Crippen LogP contribution is 2.29. The Kier molecular flexibility index (Phi) is 6.85. The number of imidazole rings is 1. The number of ether oxygens (including phenoxy) is 2. The van der Waals surface area contributed by atoms with Crippen LogP contribution in [0.1, 0.15) is 28.9 Å². The molecule has 4 aromatic rings. The number of aromatic amines is 1. The molecule has 3 aromatic carbocycles. The van der Waals surface area contributed by atoms with Crippen LogP contribution in [0.25, 0.3) is 11.0 Å². The molecule has 0 aliphatic rings. The van der Waals surface area contributed by atoms with E-state index in [-0.39, 0.29) is 0 Å². The lowest BCUT2D eigenvalue weighted by Crippen LogP contribution is -2.15. The lowest BCUT2D eigenvalue weighted by molar-refractivity contribution is 0.284. The van der Waals surface area contributed by atoms with E-state index in [0.29, 0.717) is 6.61 Å². The summed E-state index contributed by atoms with van der Waals surface area (Å²) in [4.78, 5) is 8.01. The van der Waals surface area contributed by atoms with Gasteiger partial charge in [0.05, 0.1) is 18.1 Å². The standard InChI is InChI=1S/C26H29N3O2/c1-19-9-11-20(12-10-19)18-31-24-14-13-21(16-25(24)30-2)17-27-15-5-8-26-28-22-6-3-4-7-23(22)29-26/h3-4,6-7,9-14,16,27H,5,8,15,17-18H2,1-2H3,(H,28,29). The molecule has 5 heteroatoms. The Morgan fingerprint density at radius 1 is 0.935 bits per heavy atom. The maximum Gasteiger partial charge on any atom is 0.161 e. The van der Waals surface area contributed by atoms with Crippen molar-refractivity contribution in [1.82, 2.24) is 15.3 Å². The van der Waals surface area contributed by atoms with Crippen LogP contribution in [0.15, 0.2) is 66.7 Å². The zero-order valence-electron chi connectivity index (χ0n) is 18.2. The molecule has 5 nitrogen and oxygen atoms in total. The van der Waals surface area contributed by atoms with Crippen molar-refractivity contribution in [1.29, 1.82) is 0 Å². The molecule has 2 N–H and O–H groups in total. The number of rotatable bonds is 10. The lowest BCUT2D eigenvalue weighted by Gasteiger charge is -2.13. The van der Waals surface area contributed by atoms with Crippen molar-refractivity contribution in [2.75, 3.05) is 13.7 Å². The second-order valence-electron chi connectivity index (χ2n) is 7.74. The molecule has 0 saturated heterocycles. The molecule has 0 unspecified atom stereocenters. The zero-order valence-corrected chi connectivity index (χ0v) is 18.2. The summed E-state index contributed by atoms with van der Waals surface area (Å²) in [6.07, 6.45) is 1.95. The van der Waals surface area contributed by atoms with E-state index >= 15 is 0 Å². The second kappa shape index (κ2) is 10.1. The van der Waals surface area contributed by atoms with Gasteiger partial charge in [0.25, 0.3) is 0 Å². The third-order valence-electron chi connectivity index (χ3n) is 5.28. The van der Waals surface area contributed by atoms with Gasteiger partial charge in [-0.25, -0.2) is 4.98 Å². The molecule has 1 aromatic heterocycles. The molecule has 0 aliphatic heterocycles. The number of H-pyrrole nitrogens is 1. The van der Waals surface area contributed by atoms with Gasteiger partial charge in [-0.2, -0.15) is 0 Å². The average Bonchev–Trinajstić information content (AvgIpc) is 3.21. The number of hydrogen-bond acceptors (Lipinski definition) is 4. The molecule has 1 heterocycles. The molecular weight excluding hydrogens is 386 g/mol. The van der Waals surface area contributed by atoms with E-state index in [1.165, 1.54) is 11.1 Å². The molecule has 0 atom stereocenters. The van der Waals surface area contributed by atoms with Gasteiger partial charge in [0.2, 0.25) is 0 Å². The van der Waals surface area contributed by atoms with Crippen LogP contribution in [0.4, 0.5) is 0 Å². The molecule has 0 saturated carbocycles. The summed E-state index contributed by atoms with van der Waals surface area (Å²) >= 11 is 0. The first-order valence-corrected chi connectivity index (χ1v) is 10.7. The van der Waals surface area contributed by atoms with Crippen molar-refractivity contribution in [2.45, 2.75) is 32.9 Å². The fraction of sp³-hybridized carbons (Fsp3) is 0.269. The lowest BCUT2D eigenvalue weighted by atomic mass is 10.1. The number of fused-ring (bicyclic) bond motifs is 1. The maximum atomic E-state index is 5.97. The summed E-state index contributed by atoms with van der Waals surface area (Å²) in [5.74, 6) is 2.56. The smallest absolute Gasteiger partial charge is 0.161 e. The van der Waals surface area contributed by atoms with Gasteiger partial charge in [-0.1, -0.05) is 48.0 Å². The fourth-order valence-corrected chi connectivity index (χ4v) is 3.52. The van der Waals surface area contributed by atoms with Crippen molar-refractivity contribution in [2.24, 2.45) is 0 Å². The summed E-state index contributed by atoms with van der Waals surface area (Å²) < 4.78 is 11.5. The summed E-state index contributed by atoms with van der Waals surface area (Å²) in [6, 6.07) is 22.6. The molecule has 0 fully saturated rings. The van der Waals surface area contributed by atoms with Gasteiger partial charge in [0.15, 0.2) is 11.5 Å². The van der Waals surface area contributed by atoms with E-state index in [0.717, 1.165) is 59.9 Å². The summed E-state index contributed by atoms with van der Waals surface area (Å²) in [5.41, 5.74) is 5.69. The molecule has 0 radical (unpaired) electrons. The molecule has 0 amide bonds. The van der Waals surface area contributed by atoms with Crippen LogP contribution in [0.3, 0.4) is 0 Å². The molecule has 160 valence electrons. The van der Waals surface area contributed by atoms with Crippen LogP contribution in [0, 0.1) is 6.92 Å². The number of methoxy groups -OCH3 is 1. The molecule has 31 heavy (non-hydrogen) atoms. The Bertz CT molecular complexity index is 1090. The van der Waals surface area contributed by atoms with Gasteiger partial charge in [-0.3, -0.25) is 0 Å². The monoisotopic (exact) mass is 415 g/mol. The molecular formula is C26H29N3O2. The maximum absolute atomic E-state index is 5.97. The first-order valence-electron chi connectivity index (χ1n) is 10.7. The molecule has 4 rings (SSSR count). The largest absolute Gasteiger partial charge is 0.493 e. The van der Waals surface area contributed by atoms with Gasteiger partial charge >= 0.3 is 0 Å². The molecule has 0 aliphatic carbocycles.